The van der Waals surface area contributed by atoms with Crippen LogP contribution in [0.4, 0.5) is 0 Å². The van der Waals surface area contributed by atoms with Gasteiger partial charge in [0, 0.05) is 17.6 Å². The molecule has 2 aliphatic rings. The molecule has 1 aliphatic carbocycles. The minimum Gasteiger partial charge on any atom is -0.482 e. The number of amides is 1. The highest BCUT2D eigenvalue weighted by molar-refractivity contribution is 6.31. The molecule has 148 valence electrons. The number of halogens is 1. The van der Waals surface area contributed by atoms with Gasteiger partial charge in [-0.1, -0.05) is 32.4 Å². The Bertz CT molecular complexity index is 748. The van der Waals surface area contributed by atoms with Crippen molar-refractivity contribution in [2.75, 3.05) is 19.8 Å². The molecule has 2 bridgehead atoms. The van der Waals surface area contributed by atoms with E-state index in [9.17, 15) is 9.59 Å². The van der Waals surface area contributed by atoms with E-state index in [0.717, 1.165) is 31.4 Å². The van der Waals surface area contributed by atoms with Crippen LogP contribution in [0.3, 0.4) is 0 Å². The molecule has 1 saturated heterocycles. The zero-order valence-corrected chi connectivity index (χ0v) is 17.3. The maximum Gasteiger partial charge on any atom is 0.344 e. The number of hydrogen-bond acceptors (Lipinski definition) is 4. The Balaban J connectivity index is 1.48. The fourth-order valence-corrected chi connectivity index (χ4v) is 4.99. The van der Waals surface area contributed by atoms with Crippen LogP contribution in [0, 0.1) is 17.8 Å². The molecule has 0 aromatic heterocycles. The predicted octanol–water partition coefficient (Wildman–Crippen LogP) is 4.00. The molecule has 6 heteroatoms. The van der Waals surface area contributed by atoms with E-state index >= 15 is 0 Å². The number of nitrogens with zero attached hydrogens (tertiary/aromatic N) is 1. The fourth-order valence-electron chi connectivity index (χ4n) is 4.87. The summed E-state index contributed by atoms with van der Waals surface area (Å²) in [7, 11) is 0. The summed E-state index contributed by atoms with van der Waals surface area (Å²) in [5.41, 5.74) is 1.28. The lowest BCUT2D eigenvalue weighted by Gasteiger charge is -2.39. The van der Waals surface area contributed by atoms with Crippen molar-refractivity contribution in [3.8, 4) is 5.75 Å². The average Bonchev–Trinajstić information content (AvgIpc) is 2.82. The second kappa shape index (κ2) is 7.34. The number of carbonyl (C=O) groups excluding carboxylic acids is 2. The summed E-state index contributed by atoms with van der Waals surface area (Å²) in [6.07, 6.45) is 3.16. The Labute approximate surface area is 166 Å². The normalized spacial score (nSPS) is 26.0. The Hall–Kier alpha value is -1.75. The highest BCUT2D eigenvalue weighted by Crippen LogP contribution is 2.52. The molecule has 1 aliphatic heterocycles. The van der Waals surface area contributed by atoms with E-state index in [-0.39, 0.29) is 36.0 Å². The lowest BCUT2D eigenvalue weighted by Crippen LogP contribution is -2.40. The lowest BCUT2D eigenvalue weighted by molar-refractivity contribution is -0.154. The van der Waals surface area contributed by atoms with Crippen molar-refractivity contribution >= 4 is 23.5 Å². The summed E-state index contributed by atoms with van der Waals surface area (Å²) in [6.45, 7) is 8.93. The van der Waals surface area contributed by atoms with Gasteiger partial charge in [0.1, 0.15) is 5.75 Å². The van der Waals surface area contributed by atoms with Gasteiger partial charge in [0.25, 0.3) is 5.91 Å². The molecular formula is C21H28ClNO4. The van der Waals surface area contributed by atoms with Crippen molar-refractivity contribution in [2.45, 2.75) is 53.0 Å². The fraction of sp³-hybridized carbons (Fsp3) is 0.619. The number of carbonyl (C=O) groups is 2. The molecule has 27 heavy (non-hydrogen) atoms. The van der Waals surface area contributed by atoms with Gasteiger partial charge in [0.05, 0.1) is 0 Å². The van der Waals surface area contributed by atoms with Crippen LogP contribution in [0.15, 0.2) is 18.2 Å². The summed E-state index contributed by atoms with van der Waals surface area (Å²) in [5, 5.41) is 0.642. The molecule has 5 nitrogen and oxygen atoms in total. The Morgan fingerprint density at radius 2 is 1.96 bits per heavy atom. The van der Waals surface area contributed by atoms with E-state index in [1.165, 1.54) is 0 Å². The summed E-state index contributed by atoms with van der Waals surface area (Å²) < 4.78 is 10.6. The first-order valence-electron chi connectivity index (χ1n) is 9.41. The number of ether oxygens (including phenoxy) is 2. The third kappa shape index (κ3) is 4.75. The van der Waals surface area contributed by atoms with Crippen LogP contribution in [0.1, 0.15) is 45.6 Å². The van der Waals surface area contributed by atoms with Crippen molar-refractivity contribution in [3.63, 3.8) is 0 Å². The van der Waals surface area contributed by atoms with Gasteiger partial charge in [0.15, 0.2) is 13.2 Å². The van der Waals surface area contributed by atoms with Crippen molar-refractivity contribution in [1.29, 1.82) is 0 Å². The van der Waals surface area contributed by atoms with Crippen LogP contribution in [-0.4, -0.2) is 42.6 Å². The molecule has 1 heterocycles. The predicted molar refractivity (Wildman–Crippen MR) is 104 cm³/mol. The summed E-state index contributed by atoms with van der Waals surface area (Å²) in [4.78, 5) is 26.4. The zero-order chi connectivity index (χ0) is 19.8. The summed E-state index contributed by atoms with van der Waals surface area (Å²) in [5.74, 6) is -0.120. The first-order chi connectivity index (χ1) is 12.6. The third-order valence-electron chi connectivity index (χ3n) is 5.58. The van der Waals surface area contributed by atoms with E-state index in [0.29, 0.717) is 10.8 Å². The van der Waals surface area contributed by atoms with Crippen LogP contribution >= 0.6 is 11.6 Å². The van der Waals surface area contributed by atoms with E-state index in [1.807, 2.05) is 11.8 Å². The number of benzene rings is 1. The topological polar surface area (TPSA) is 55.8 Å². The highest BCUT2D eigenvalue weighted by Gasteiger charge is 2.50. The van der Waals surface area contributed by atoms with Crippen LogP contribution in [0.5, 0.6) is 5.75 Å². The van der Waals surface area contributed by atoms with Gasteiger partial charge in [-0.3, -0.25) is 4.79 Å². The molecule has 2 atom stereocenters. The van der Waals surface area contributed by atoms with Gasteiger partial charge in [0.2, 0.25) is 0 Å². The second-order valence-corrected chi connectivity index (χ2v) is 9.50. The molecular weight excluding hydrogens is 366 g/mol. The number of esters is 1. The van der Waals surface area contributed by atoms with E-state index in [2.05, 4.69) is 20.8 Å². The monoisotopic (exact) mass is 393 g/mol. The van der Waals surface area contributed by atoms with E-state index < -0.39 is 5.97 Å². The van der Waals surface area contributed by atoms with Gasteiger partial charge < -0.3 is 14.4 Å². The number of fused-ring (bicyclic) bond motifs is 2. The first kappa shape index (κ1) is 20.0. The summed E-state index contributed by atoms with van der Waals surface area (Å²) in [6, 6.07) is 5.42. The largest absolute Gasteiger partial charge is 0.482 e. The Kier molecular flexibility index (Phi) is 5.44. The molecule has 3 rings (SSSR count). The van der Waals surface area contributed by atoms with Crippen LogP contribution in [0.25, 0.3) is 0 Å². The van der Waals surface area contributed by atoms with Crippen LogP contribution in [0.2, 0.25) is 5.02 Å². The minimum absolute atomic E-state index is 0.114. The first-order valence-corrected chi connectivity index (χ1v) is 9.79. The highest BCUT2D eigenvalue weighted by atomic mass is 35.5. The van der Waals surface area contributed by atoms with Crippen molar-refractivity contribution in [2.24, 2.45) is 10.8 Å². The lowest BCUT2D eigenvalue weighted by atomic mass is 9.65. The van der Waals surface area contributed by atoms with E-state index in [1.54, 1.807) is 18.2 Å². The maximum absolute atomic E-state index is 12.6. The molecule has 0 N–H and O–H groups in total. The van der Waals surface area contributed by atoms with Crippen molar-refractivity contribution in [1.82, 2.24) is 4.90 Å². The molecule has 0 radical (unpaired) electrons. The zero-order valence-electron chi connectivity index (χ0n) is 16.5. The summed E-state index contributed by atoms with van der Waals surface area (Å²) >= 11 is 5.97. The standard InChI is InChI=1S/C21H28ClNO4/c1-14-7-16(5-6-17(14)22)26-11-19(25)27-10-18(24)23-13-21(4)9-15(23)8-20(2,3)12-21/h5-7,15H,8-13H2,1-4H3. The smallest absolute Gasteiger partial charge is 0.344 e. The van der Waals surface area contributed by atoms with Crippen molar-refractivity contribution in [3.05, 3.63) is 28.8 Å². The second-order valence-electron chi connectivity index (χ2n) is 9.10. The molecule has 2 fully saturated rings. The molecule has 1 saturated carbocycles. The molecule has 1 aromatic carbocycles. The van der Waals surface area contributed by atoms with Gasteiger partial charge in [-0.25, -0.2) is 4.79 Å². The molecule has 0 spiro atoms. The molecule has 2 unspecified atom stereocenters. The maximum atomic E-state index is 12.6. The number of hydrogen-bond donors (Lipinski definition) is 0. The van der Waals surface area contributed by atoms with Gasteiger partial charge in [-0.2, -0.15) is 0 Å². The Morgan fingerprint density at radius 3 is 2.67 bits per heavy atom. The number of aryl methyl sites for hydroxylation is 1. The minimum atomic E-state index is -0.551. The van der Waals surface area contributed by atoms with Gasteiger partial charge in [-0.05, 0) is 60.8 Å². The SMILES string of the molecule is Cc1cc(OCC(=O)OCC(=O)N2CC3(C)CC2CC(C)(C)C3)ccc1Cl. The van der Waals surface area contributed by atoms with Gasteiger partial charge in [-0.15, -0.1) is 0 Å². The van der Waals surface area contributed by atoms with Crippen LogP contribution in [-0.2, 0) is 14.3 Å². The molecule has 1 aromatic rings. The number of rotatable bonds is 5. The quantitative estimate of drug-likeness (QED) is 0.709. The van der Waals surface area contributed by atoms with Crippen molar-refractivity contribution < 1.29 is 19.1 Å². The van der Waals surface area contributed by atoms with Crippen LogP contribution < -0.4 is 4.74 Å². The third-order valence-corrected chi connectivity index (χ3v) is 6.00. The van der Waals surface area contributed by atoms with E-state index in [4.69, 9.17) is 21.1 Å². The Morgan fingerprint density at radius 1 is 1.22 bits per heavy atom. The average molecular weight is 394 g/mol. The van der Waals surface area contributed by atoms with Gasteiger partial charge >= 0.3 is 5.97 Å². The number of likely N-dealkylation sites (tertiary alicyclic amines) is 1. The molecule has 1 amide bonds.